The molecule has 2 rings (SSSR count). The summed E-state index contributed by atoms with van der Waals surface area (Å²) in [5, 5.41) is 13.0. The fourth-order valence-electron chi connectivity index (χ4n) is 1.92. The van der Waals surface area contributed by atoms with Crippen molar-refractivity contribution in [3.63, 3.8) is 0 Å². The minimum atomic E-state index is -0.854. The Balaban J connectivity index is 2.17. The molecule has 0 bridgehead atoms. The summed E-state index contributed by atoms with van der Waals surface area (Å²) in [4.78, 5) is 10.9. The van der Waals surface area contributed by atoms with E-state index >= 15 is 0 Å². The molecule has 21 heavy (non-hydrogen) atoms. The number of carboxylic acids is 1. The standard InChI is InChI=1S/C15H12BrCl2NO2/c16-11-5-6-12(15(18)14(11)17)19-8-10-4-2-1-3-9(10)7-13(20)21/h1-6,19H,7-8H2,(H,20,21). The van der Waals surface area contributed by atoms with Gasteiger partial charge in [-0.3, -0.25) is 4.79 Å². The Bertz CT molecular complexity index is 677. The molecule has 0 amide bonds. The van der Waals surface area contributed by atoms with Gasteiger partial charge in [0.05, 0.1) is 22.2 Å². The number of rotatable bonds is 5. The predicted octanol–water partition coefficient (Wildman–Crippen LogP) is 5.00. The number of aliphatic carboxylic acids is 1. The summed E-state index contributed by atoms with van der Waals surface area (Å²) in [5.41, 5.74) is 2.39. The molecule has 0 aliphatic heterocycles. The Morgan fingerprint density at radius 3 is 2.43 bits per heavy atom. The van der Waals surface area contributed by atoms with Gasteiger partial charge in [-0.1, -0.05) is 47.5 Å². The minimum Gasteiger partial charge on any atom is -0.481 e. The van der Waals surface area contributed by atoms with E-state index in [-0.39, 0.29) is 6.42 Å². The molecule has 6 heteroatoms. The van der Waals surface area contributed by atoms with Crippen LogP contribution in [0.2, 0.25) is 10.0 Å². The van der Waals surface area contributed by atoms with E-state index in [1.165, 1.54) is 0 Å². The van der Waals surface area contributed by atoms with Crippen LogP contribution in [0.3, 0.4) is 0 Å². The van der Waals surface area contributed by atoms with Gasteiger partial charge < -0.3 is 10.4 Å². The van der Waals surface area contributed by atoms with Crippen molar-refractivity contribution in [3.8, 4) is 0 Å². The van der Waals surface area contributed by atoms with Gasteiger partial charge in [0.15, 0.2) is 0 Å². The van der Waals surface area contributed by atoms with Gasteiger partial charge in [-0.05, 0) is 39.2 Å². The van der Waals surface area contributed by atoms with Gasteiger partial charge >= 0.3 is 5.97 Å². The van der Waals surface area contributed by atoms with Crippen molar-refractivity contribution in [3.05, 3.63) is 62.0 Å². The smallest absolute Gasteiger partial charge is 0.307 e. The summed E-state index contributed by atoms with van der Waals surface area (Å²) in [6, 6.07) is 11.0. The summed E-state index contributed by atoms with van der Waals surface area (Å²) in [7, 11) is 0. The molecule has 0 saturated carbocycles. The van der Waals surface area contributed by atoms with E-state index in [2.05, 4.69) is 21.2 Å². The van der Waals surface area contributed by atoms with Gasteiger partial charge in [-0.15, -0.1) is 0 Å². The van der Waals surface area contributed by atoms with E-state index in [4.69, 9.17) is 28.3 Å². The molecule has 0 heterocycles. The van der Waals surface area contributed by atoms with Crippen LogP contribution in [-0.2, 0) is 17.8 Å². The van der Waals surface area contributed by atoms with Gasteiger partial charge in [0, 0.05) is 11.0 Å². The lowest BCUT2D eigenvalue weighted by atomic mass is 10.0. The Hall–Kier alpha value is -1.23. The molecule has 0 radical (unpaired) electrons. The summed E-state index contributed by atoms with van der Waals surface area (Å²) in [5.74, 6) is -0.854. The fourth-order valence-corrected chi connectivity index (χ4v) is 2.76. The highest BCUT2D eigenvalue weighted by molar-refractivity contribution is 9.10. The largest absolute Gasteiger partial charge is 0.481 e. The van der Waals surface area contributed by atoms with Gasteiger partial charge in [0.2, 0.25) is 0 Å². The molecule has 0 fully saturated rings. The lowest BCUT2D eigenvalue weighted by molar-refractivity contribution is -0.136. The van der Waals surface area contributed by atoms with Gasteiger partial charge in [0.25, 0.3) is 0 Å². The van der Waals surface area contributed by atoms with E-state index in [0.29, 0.717) is 22.3 Å². The van der Waals surface area contributed by atoms with Crippen molar-refractivity contribution in [2.24, 2.45) is 0 Å². The Morgan fingerprint density at radius 1 is 1.10 bits per heavy atom. The first-order valence-corrected chi connectivity index (χ1v) is 7.70. The molecule has 2 aromatic rings. The van der Waals surface area contributed by atoms with E-state index in [1.807, 2.05) is 24.3 Å². The summed E-state index contributed by atoms with van der Waals surface area (Å²) in [6.07, 6.45) is -0.00726. The number of hydrogen-bond donors (Lipinski definition) is 2. The second-order valence-electron chi connectivity index (χ2n) is 4.42. The molecular formula is C15H12BrCl2NO2. The molecule has 0 aliphatic rings. The molecule has 0 aromatic heterocycles. The zero-order chi connectivity index (χ0) is 15.4. The quantitative estimate of drug-likeness (QED) is 0.709. The van der Waals surface area contributed by atoms with Gasteiger partial charge in [-0.2, -0.15) is 0 Å². The maximum Gasteiger partial charge on any atom is 0.307 e. The predicted molar refractivity (Wildman–Crippen MR) is 89.3 cm³/mol. The number of anilines is 1. The van der Waals surface area contributed by atoms with Gasteiger partial charge in [-0.25, -0.2) is 0 Å². The van der Waals surface area contributed by atoms with Crippen LogP contribution in [0, 0.1) is 0 Å². The molecular weight excluding hydrogens is 377 g/mol. The summed E-state index contributed by atoms with van der Waals surface area (Å²) in [6.45, 7) is 0.473. The maximum absolute atomic E-state index is 10.9. The second kappa shape index (κ2) is 7.16. The molecule has 0 saturated heterocycles. The number of carboxylic acid groups (broad SMARTS) is 1. The van der Waals surface area contributed by atoms with Crippen molar-refractivity contribution in [2.75, 3.05) is 5.32 Å². The highest BCUT2D eigenvalue weighted by Crippen LogP contribution is 2.36. The van der Waals surface area contributed by atoms with Crippen LogP contribution in [0.25, 0.3) is 0 Å². The first-order chi connectivity index (χ1) is 9.99. The van der Waals surface area contributed by atoms with E-state index < -0.39 is 5.97 Å². The van der Waals surface area contributed by atoms with Crippen LogP contribution in [0.4, 0.5) is 5.69 Å². The number of hydrogen-bond acceptors (Lipinski definition) is 2. The van der Waals surface area contributed by atoms with E-state index in [9.17, 15) is 4.79 Å². The Kier molecular flexibility index (Phi) is 5.51. The highest BCUT2D eigenvalue weighted by Gasteiger charge is 2.10. The number of halogens is 3. The first-order valence-electron chi connectivity index (χ1n) is 6.15. The maximum atomic E-state index is 10.9. The molecule has 3 nitrogen and oxygen atoms in total. The van der Waals surface area contributed by atoms with E-state index in [0.717, 1.165) is 15.6 Å². The highest BCUT2D eigenvalue weighted by atomic mass is 79.9. The Labute approximate surface area is 141 Å². The third kappa shape index (κ3) is 4.13. The monoisotopic (exact) mass is 387 g/mol. The lowest BCUT2D eigenvalue weighted by Gasteiger charge is -2.12. The number of nitrogens with one attached hydrogen (secondary N) is 1. The van der Waals surface area contributed by atoms with E-state index in [1.54, 1.807) is 12.1 Å². The summed E-state index contributed by atoms with van der Waals surface area (Å²) >= 11 is 15.5. The number of benzene rings is 2. The Morgan fingerprint density at radius 2 is 1.76 bits per heavy atom. The third-order valence-corrected chi connectivity index (χ3v) is 4.74. The van der Waals surface area contributed by atoms with Crippen LogP contribution in [0.15, 0.2) is 40.9 Å². The van der Waals surface area contributed by atoms with Crippen molar-refractivity contribution >= 4 is 50.8 Å². The normalized spacial score (nSPS) is 10.4. The zero-order valence-electron chi connectivity index (χ0n) is 10.9. The first kappa shape index (κ1) is 16.1. The average Bonchev–Trinajstić information content (AvgIpc) is 2.45. The molecule has 0 aliphatic carbocycles. The lowest BCUT2D eigenvalue weighted by Crippen LogP contribution is -2.07. The molecule has 0 atom stereocenters. The molecule has 0 spiro atoms. The summed E-state index contributed by atoms with van der Waals surface area (Å²) < 4.78 is 0.728. The molecule has 2 N–H and O–H groups in total. The molecule has 110 valence electrons. The third-order valence-electron chi connectivity index (χ3n) is 2.96. The van der Waals surface area contributed by atoms with Crippen LogP contribution in [0.1, 0.15) is 11.1 Å². The fraction of sp³-hybridized carbons (Fsp3) is 0.133. The minimum absolute atomic E-state index is 0.00726. The van der Waals surface area contributed by atoms with Crippen molar-refractivity contribution < 1.29 is 9.90 Å². The van der Waals surface area contributed by atoms with Crippen LogP contribution in [0.5, 0.6) is 0 Å². The second-order valence-corrected chi connectivity index (χ2v) is 6.03. The van der Waals surface area contributed by atoms with Crippen LogP contribution >= 0.6 is 39.1 Å². The average molecular weight is 389 g/mol. The zero-order valence-corrected chi connectivity index (χ0v) is 14.0. The van der Waals surface area contributed by atoms with Crippen LogP contribution < -0.4 is 5.32 Å². The molecule has 0 unspecified atom stereocenters. The van der Waals surface area contributed by atoms with Crippen molar-refractivity contribution in [1.29, 1.82) is 0 Å². The van der Waals surface area contributed by atoms with Crippen molar-refractivity contribution in [2.45, 2.75) is 13.0 Å². The van der Waals surface area contributed by atoms with Crippen molar-refractivity contribution in [1.82, 2.24) is 0 Å². The topological polar surface area (TPSA) is 49.3 Å². The van der Waals surface area contributed by atoms with Gasteiger partial charge in [0.1, 0.15) is 0 Å². The molecule has 2 aromatic carbocycles. The number of carbonyl (C=O) groups is 1. The SMILES string of the molecule is O=C(O)Cc1ccccc1CNc1ccc(Br)c(Cl)c1Cl. The van der Waals surface area contributed by atoms with Crippen LogP contribution in [-0.4, -0.2) is 11.1 Å².